The number of carbonyl (C=O) groups is 1. The van der Waals surface area contributed by atoms with Gasteiger partial charge in [-0.1, -0.05) is 26.9 Å². The van der Waals surface area contributed by atoms with Crippen LogP contribution in [-0.2, 0) is 0 Å². The Balaban J connectivity index is 0.00000144. The molecule has 1 aromatic rings. The molecule has 1 atom stereocenters. The van der Waals surface area contributed by atoms with E-state index in [-0.39, 0.29) is 11.0 Å². The van der Waals surface area contributed by atoms with Crippen LogP contribution in [0.5, 0.6) is 0 Å². The number of aryl methyl sites for hydroxylation is 3. The third-order valence-electron chi connectivity index (χ3n) is 1.92. The molecule has 0 aliphatic carbocycles. The lowest BCUT2D eigenvalue weighted by Gasteiger charge is -2.06. The van der Waals surface area contributed by atoms with Crippen molar-refractivity contribution in [3.63, 3.8) is 0 Å². The molecule has 0 saturated heterocycles. The summed E-state index contributed by atoms with van der Waals surface area (Å²) in [7, 11) is 2.22. The second-order valence-electron chi connectivity index (χ2n) is 3.14. The quantitative estimate of drug-likeness (QED) is 0.635. The molecule has 0 fully saturated rings. The van der Waals surface area contributed by atoms with Crippen LogP contribution in [0.15, 0.2) is 12.1 Å². The summed E-state index contributed by atoms with van der Waals surface area (Å²) in [6.45, 7) is 5.98. The third-order valence-corrected chi connectivity index (χ3v) is 2.21. The van der Waals surface area contributed by atoms with Crippen molar-refractivity contribution in [1.29, 1.82) is 0 Å². The molecule has 1 rings (SSSR count). The van der Waals surface area contributed by atoms with Crippen LogP contribution in [0.1, 0.15) is 27.0 Å². The molecule has 0 amide bonds. The van der Waals surface area contributed by atoms with E-state index in [1.165, 1.54) is 5.56 Å². The van der Waals surface area contributed by atoms with E-state index in [9.17, 15) is 4.79 Å². The van der Waals surface area contributed by atoms with Gasteiger partial charge < -0.3 is 5.48 Å². The number of carbonyl (C=O) groups excluding carboxylic acids is 1. The van der Waals surface area contributed by atoms with E-state index < -0.39 is 0 Å². The van der Waals surface area contributed by atoms with Crippen LogP contribution in [0.2, 0.25) is 0 Å². The smallest absolute Gasteiger partial charge is 0.178 e. The fourth-order valence-corrected chi connectivity index (χ4v) is 2.02. The molecule has 2 N–H and O–H groups in total. The maximum absolute atomic E-state index is 11.2. The number of hydrogen-bond donors (Lipinski definition) is 0. The van der Waals surface area contributed by atoms with Crippen LogP contribution in [-0.4, -0.2) is 11.0 Å². The first-order valence-corrected chi connectivity index (χ1v) is 4.47. The van der Waals surface area contributed by atoms with Crippen LogP contribution in [0.3, 0.4) is 0 Å². The molecule has 0 bridgehead atoms. The van der Waals surface area contributed by atoms with Gasteiger partial charge in [-0.15, -0.1) is 0 Å². The molecule has 0 aliphatic heterocycles. The average molecular weight is 198 g/mol. The molecular weight excluding hydrogens is 183 g/mol. The summed E-state index contributed by atoms with van der Waals surface area (Å²) in [4.78, 5) is 11.2. The monoisotopic (exact) mass is 198 g/mol. The summed E-state index contributed by atoms with van der Waals surface area (Å²) < 4.78 is 0. The van der Waals surface area contributed by atoms with Gasteiger partial charge in [-0.25, -0.2) is 0 Å². The van der Waals surface area contributed by atoms with Gasteiger partial charge in [-0.05, 0) is 31.9 Å². The Morgan fingerprint density at radius 2 is 1.54 bits per heavy atom. The van der Waals surface area contributed by atoms with Crippen molar-refractivity contribution < 1.29 is 10.3 Å². The summed E-state index contributed by atoms with van der Waals surface area (Å²) in [5.41, 5.74) is 4.25. The molecule has 13 heavy (non-hydrogen) atoms. The van der Waals surface area contributed by atoms with Gasteiger partial charge in [0, 0.05) is 5.56 Å². The second-order valence-corrected chi connectivity index (χ2v) is 3.66. The van der Waals surface area contributed by atoms with Gasteiger partial charge >= 0.3 is 0 Å². The van der Waals surface area contributed by atoms with Gasteiger partial charge in [-0.2, -0.15) is 0 Å². The summed E-state index contributed by atoms with van der Waals surface area (Å²) in [5, 5.41) is 0. The van der Waals surface area contributed by atoms with Crippen LogP contribution in [0.4, 0.5) is 0 Å². The third kappa shape index (κ3) is 2.61. The van der Waals surface area contributed by atoms with E-state index in [1.54, 1.807) is 0 Å². The SMILES string of the molecule is Cc1cc(C)c(C(=O)P)c(C)c1.O. The van der Waals surface area contributed by atoms with Gasteiger partial charge in [-0.3, -0.25) is 4.79 Å². The highest BCUT2D eigenvalue weighted by atomic mass is 31.0. The molecule has 0 heterocycles. The van der Waals surface area contributed by atoms with Crippen LogP contribution in [0, 0.1) is 20.8 Å². The highest BCUT2D eigenvalue weighted by molar-refractivity contribution is 7.41. The molecule has 1 unspecified atom stereocenters. The summed E-state index contributed by atoms with van der Waals surface area (Å²) in [6.07, 6.45) is 0. The van der Waals surface area contributed by atoms with Crippen molar-refractivity contribution in [3.8, 4) is 0 Å². The summed E-state index contributed by atoms with van der Waals surface area (Å²) in [5.74, 6) is 0. The first kappa shape index (κ1) is 12.3. The van der Waals surface area contributed by atoms with Gasteiger partial charge in [0.2, 0.25) is 0 Å². The normalized spacial score (nSPS) is 9.23. The minimum absolute atomic E-state index is 0. The Morgan fingerprint density at radius 1 is 1.15 bits per heavy atom. The molecule has 0 aliphatic rings. The van der Waals surface area contributed by atoms with Crippen LogP contribution >= 0.6 is 9.24 Å². The largest absolute Gasteiger partial charge is 0.412 e. The Kier molecular flexibility index (Phi) is 4.25. The van der Waals surface area contributed by atoms with Crippen LogP contribution < -0.4 is 0 Å². The number of rotatable bonds is 1. The molecular formula is C10H15O2P. The Bertz CT molecular complexity index is 309. The lowest BCUT2D eigenvalue weighted by atomic mass is 10.0. The fraction of sp³-hybridized carbons (Fsp3) is 0.300. The highest BCUT2D eigenvalue weighted by Crippen LogP contribution is 2.18. The Labute approximate surface area is 80.9 Å². The maximum Gasteiger partial charge on any atom is 0.178 e. The molecule has 0 saturated carbocycles. The average Bonchev–Trinajstić information content (AvgIpc) is 1.82. The molecule has 0 radical (unpaired) electrons. The molecule has 72 valence electrons. The van der Waals surface area contributed by atoms with Gasteiger partial charge in [0.05, 0.1) is 0 Å². The van der Waals surface area contributed by atoms with E-state index in [1.807, 2.05) is 32.9 Å². The molecule has 0 spiro atoms. The fourth-order valence-electron chi connectivity index (χ4n) is 1.57. The number of hydrogen-bond acceptors (Lipinski definition) is 1. The topological polar surface area (TPSA) is 48.6 Å². The maximum atomic E-state index is 11.2. The summed E-state index contributed by atoms with van der Waals surface area (Å²) in [6, 6.07) is 4.06. The molecule has 0 aromatic heterocycles. The lowest BCUT2D eigenvalue weighted by molar-refractivity contribution is 0.108. The van der Waals surface area contributed by atoms with Crippen molar-refractivity contribution in [2.75, 3.05) is 0 Å². The van der Waals surface area contributed by atoms with E-state index in [0.717, 1.165) is 16.7 Å². The van der Waals surface area contributed by atoms with E-state index in [2.05, 4.69) is 9.24 Å². The molecule has 1 aromatic carbocycles. The first-order chi connectivity index (χ1) is 5.52. The number of benzene rings is 1. The zero-order valence-electron chi connectivity index (χ0n) is 8.14. The highest BCUT2D eigenvalue weighted by Gasteiger charge is 2.07. The van der Waals surface area contributed by atoms with Crippen molar-refractivity contribution in [3.05, 3.63) is 34.4 Å². The van der Waals surface area contributed by atoms with E-state index in [4.69, 9.17) is 0 Å². The van der Waals surface area contributed by atoms with Crippen molar-refractivity contribution in [2.45, 2.75) is 20.8 Å². The van der Waals surface area contributed by atoms with Crippen molar-refractivity contribution in [2.24, 2.45) is 0 Å². The van der Waals surface area contributed by atoms with E-state index >= 15 is 0 Å². The molecule has 3 heteroatoms. The first-order valence-electron chi connectivity index (χ1n) is 3.90. The standard InChI is InChI=1S/C10H13OP.H2O/c1-6-4-7(2)9(10(11)12)8(3)5-6;/h4-5H,12H2,1-3H3;1H2. The van der Waals surface area contributed by atoms with Crippen molar-refractivity contribution in [1.82, 2.24) is 0 Å². The van der Waals surface area contributed by atoms with Crippen molar-refractivity contribution >= 4 is 14.8 Å². The zero-order valence-corrected chi connectivity index (χ0v) is 9.29. The van der Waals surface area contributed by atoms with Gasteiger partial charge in [0.15, 0.2) is 5.52 Å². The summed E-state index contributed by atoms with van der Waals surface area (Å²) >= 11 is 0. The second kappa shape index (κ2) is 4.50. The predicted octanol–water partition coefficient (Wildman–Crippen LogP) is 1.80. The predicted molar refractivity (Wildman–Crippen MR) is 58.3 cm³/mol. The minimum Gasteiger partial charge on any atom is -0.412 e. The Hall–Kier alpha value is -0.720. The zero-order chi connectivity index (χ0) is 9.30. The van der Waals surface area contributed by atoms with Crippen LogP contribution in [0.25, 0.3) is 0 Å². The lowest BCUT2D eigenvalue weighted by Crippen LogP contribution is -1.97. The van der Waals surface area contributed by atoms with E-state index in [0.29, 0.717) is 0 Å². The van der Waals surface area contributed by atoms with Gasteiger partial charge in [0.25, 0.3) is 0 Å². The Morgan fingerprint density at radius 3 is 1.85 bits per heavy atom. The molecule has 2 nitrogen and oxygen atoms in total. The minimum atomic E-state index is 0. The van der Waals surface area contributed by atoms with Gasteiger partial charge in [0.1, 0.15) is 0 Å².